The number of carbonyl (C=O) groups excluding carboxylic acids is 3. The van der Waals surface area contributed by atoms with E-state index in [1.807, 2.05) is 0 Å². The number of anilines is 1. The van der Waals surface area contributed by atoms with E-state index in [4.69, 9.17) is 19.3 Å². The summed E-state index contributed by atoms with van der Waals surface area (Å²) in [5, 5.41) is 11.2. The highest BCUT2D eigenvalue weighted by atomic mass is 16.7. The standard InChI is InChI=1S/C21H16N2O8/c1-11(20(26)27)31-15-5-3-2-4-12(15)8-14-18(24)22-21(28)23(19(14)25)13-6-7-16-17(9-13)30-10-29-16/h2-9,11H,10H2,1H3,(H,26,27)(H,22,24,28)/b14-8+/t11-/m0/s1. The fourth-order valence-corrected chi connectivity index (χ4v) is 3.02. The number of barbiturate groups is 1. The van der Waals surface area contributed by atoms with E-state index in [9.17, 15) is 19.2 Å². The van der Waals surface area contributed by atoms with Crippen molar-refractivity contribution in [3.8, 4) is 17.2 Å². The van der Waals surface area contributed by atoms with Gasteiger partial charge in [0.1, 0.15) is 11.3 Å². The first-order valence-electron chi connectivity index (χ1n) is 9.15. The highest BCUT2D eigenvalue weighted by molar-refractivity contribution is 6.39. The SMILES string of the molecule is C[C@H](Oc1ccccc1/C=C1\C(=O)NC(=O)N(c2ccc3c(c2)OCO3)C1=O)C(=O)O. The average Bonchev–Trinajstić information content (AvgIpc) is 3.20. The zero-order valence-electron chi connectivity index (χ0n) is 16.2. The van der Waals surface area contributed by atoms with Crippen LogP contribution in [0.3, 0.4) is 0 Å². The fraction of sp³-hybridized carbons (Fsp3) is 0.143. The Morgan fingerprint density at radius 1 is 1.16 bits per heavy atom. The molecule has 1 fully saturated rings. The molecule has 2 aliphatic rings. The molecule has 1 saturated heterocycles. The molecule has 31 heavy (non-hydrogen) atoms. The number of benzene rings is 2. The third kappa shape index (κ3) is 3.78. The van der Waals surface area contributed by atoms with E-state index in [2.05, 4.69) is 5.32 Å². The Labute approximate surface area is 175 Å². The maximum Gasteiger partial charge on any atom is 0.344 e. The van der Waals surface area contributed by atoms with E-state index in [1.54, 1.807) is 24.3 Å². The van der Waals surface area contributed by atoms with Gasteiger partial charge in [-0.15, -0.1) is 0 Å². The number of ether oxygens (including phenoxy) is 3. The number of amides is 4. The van der Waals surface area contributed by atoms with Crippen molar-refractivity contribution in [2.75, 3.05) is 11.7 Å². The van der Waals surface area contributed by atoms with Crippen LogP contribution in [0.4, 0.5) is 10.5 Å². The normalized spacial score (nSPS) is 17.5. The lowest BCUT2D eigenvalue weighted by molar-refractivity contribution is -0.144. The van der Waals surface area contributed by atoms with E-state index in [0.29, 0.717) is 17.1 Å². The summed E-state index contributed by atoms with van der Waals surface area (Å²) in [6.45, 7) is 1.37. The van der Waals surface area contributed by atoms with Crippen LogP contribution in [0.5, 0.6) is 17.2 Å². The van der Waals surface area contributed by atoms with Crippen molar-refractivity contribution in [1.29, 1.82) is 0 Å². The largest absolute Gasteiger partial charge is 0.479 e. The lowest BCUT2D eigenvalue weighted by atomic mass is 10.1. The van der Waals surface area contributed by atoms with Gasteiger partial charge in [0, 0.05) is 11.6 Å². The van der Waals surface area contributed by atoms with Crippen molar-refractivity contribution in [2.24, 2.45) is 0 Å². The fourth-order valence-electron chi connectivity index (χ4n) is 3.02. The molecule has 10 nitrogen and oxygen atoms in total. The molecule has 2 aromatic rings. The van der Waals surface area contributed by atoms with Gasteiger partial charge < -0.3 is 19.3 Å². The Morgan fingerprint density at radius 3 is 2.68 bits per heavy atom. The molecule has 0 spiro atoms. The first-order chi connectivity index (χ1) is 14.8. The zero-order chi connectivity index (χ0) is 22.1. The van der Waals surface area contributed by atoms with Crippen molar-refractivity contribution in [3.05, 3.63) is 53.6 Å². The van der Waals surface area contributed by atoms with E-state index in [0.717, 1.165) is 4.90 Å². The summed E-state index contributed by atoms with van der Waals surface area (Å²) in [5.74, 6) is -1.91. The molecule has 2 N–H and O–H groups in total. The summed E-state index contributed by atoms with van der Waals surface area (Å²) in [7, 11) is 0. The second-order valence-corrected chi connectivity index (χ2v) is 6.63. The number of fused-ring (bicyclic) bond motifs is 1. The molecule has 2 aliphatic heterocycles. The van der Waals surface area contributed by atoms with Gasteiger partial charge in [-0.3, -0.25) is 14.9 Å². The Balaban J connectivity index is 1.70. The average molecular weight is 424 g/mol. The van der Waals surface area contributed by atoms with E-state index in [1.165, 1.54) is 31.2 Å². The molecule has 4 rings (SSSR count). The molecular formula is C21H16N2O8. The molecule has 10 heteroatoms. The predicted molar refractivity (Wildman–Crippen MR) is 106 cm³/mol. The summed E-state index contributed by atoms with van der Waals surface area (Å²) in [4.78, 5) is 49.8. The zero-order valence-corrected chi connectivity index (χ0v) is 16.2. The van der Waals surface area contributed by atoms with Crippen LogP contribution in [0, 0.1) is 0 Å². The monoisotopic (exact) mass is 424 g/mol. The van der Waals surface area contributed by atoms with Gasteiger partial charge in [0.2, 0.25) is 6.79 Å². The van der Waals surface area contributed by atoms with Gasteiger partial charge in [-0.2, -0.15) is 0 Å². The summed E-state index contributed by atoms with van der Waals surface area (Å²) in [6.07, 6.45) is 0.0932. The van der Waals surface area contributed by atoms with Crippen molar-refractivity contribution < 1.29 is 38.5 Å². The molecule has 0 aliphatic carbocycles. The molecule has 0 unspecified atom stereocenters. The molecule has 0 saturated carbocycles. The molecule has 0 bridgehead atoms. The number of rotatable bonds is 5. The van der Waals surface area contributed by atoms with Gasteiger partial charge >= 0.3 is 12.0 Å². The van der Waals surface area contributed by atoms with E-state index >= 15 is 0 Å². The lowest BCUT2D eigenvalue weighted by Gasteiger charge is -2.26. The minimum atomic E-state index is -1.17. The first kappa shape index (κ1) is 20.0. The van der Waals surface area contributed by atoms with Crippen molar-refractivity contribution in [1.82, 2.24) is 5.32 Å². The van der Waals surface area contributed by atoms with Gasteiger partial charge in [0.25, 0.3) is 11.8 Å². The van der Waals surface area contributed by atoms with Crippen molar-refractivity contribution >= 4 is 35.6 Å². The second-order valence-electron chi connectivity index (χ2n) is 6.63. The number of carboxylic acids is 1. The van der Waals surface area contributed by atoms with Gasteiger partial charge in [-0.05, 0) is 31.2 Å². The topological polar surface area (TPSA) is 131 Å². The van der Waals surface area contributed by atoms with Crippen molar-refractivity contribution in [3.63, 3.8) is 0 Å². The summed E-state index contributed by atoms with van der Waals surface area (Å²) < 4.78 is 15.9. The van der Waals surface area contributed by atoms with Gasteiger partial charge in [0.05, 0.1) is 5.69 Å². The molecule has 1 atom stereocenters. The van der Waals surface area contributed by atoms with Crippen LogP contribution in [0.1, 0.15) is 12.5 Å². The summed E-state index contributed by atoms with van der Waals surface area (Å²) >= 11 is 0. The number of hydrogen-bond acceptors (Lipinski definition) is 7. The maximum absolute atomic E-state index is 13.1. The van der Waals surface area contributed by atoms with Crippen LogP contribution >= 0.6 is 0 Å². The Hall–Kier alpha value is -4.34. The number of urea groups is 1. The summed E-state index contributed by atoms with van der Waals surface area (Å²) in [5.41, 5.74) is 0.166. The molecular weight excluding hydrogens is 408 g/mol. The number of aliphatic carboxylic acids is 1. The number of para-hydroxylation sites is 1. The van der Waals surface area contributed by atoms with E-state index in [-0.39, 0.29) is 23.8 Å². The van der Waals surface area contributed by atoms with Crippen LogP contribution in [0.2, 0.25) is 0 Å². The summed E-state index contributed by atoms with van der Waals surface area (Å²) in [6, 6.07) is 9.91. The van der Waals surface area contributed by atoms with Crippen LogP contribution in [-0.2, 0) is 14.4 Å². The highest BCUT2D eigenvalue weighted by Crippen LogP contribution is 2.36. The third-order valence-electron chi connectivity index (χ3n) is 4.59. The van der Waals surface area contributed by atoms with Crippen LogP contribution in [0.25, 0.3) is 6.08 Å². The van der Waals surface area contributed by atoms with Crippen LogP contribution < -0.4 is 24.4 Å². The molecule has 2 heterocycles. The smallest absolute Gasteiger partial charge is 0.344 e. The molecule has 0 aromatic heterocycles. The number of nitrogens with one attached hydrogen (secondary N) is 1. The van der Waals surface area contributed by atoms with Crippen LogP contribution in [-0.4, -0.2) is 41.8 Å². The van der Waals surface area contributed by atoms with Gasteiger partial charge in [0.15, 0.2) is 17.6 Å². The highest BCUT2D eigenvalue weighted by Gasteiger charge is 2.37. The van der Waals surface area contributed by atoms with E-state index < -0.39 is 29.9 Å². The Kier molecular flexibility index (Phi) is 5.04. The number of carboxylic acid groups (broad SMARTS) is 1. The number of imide groups is 2. The van der Waals surface area contributed by atoms with Crippen LogP contribution in [0.15, 0.2) is 48.0 Å². The number of hydrogen-bond donors (Lipinski definition) is 2. The Bertz CT molecular complexity index is 1140. The minimum absolute atomic E-state index is 0.0219. The third-order valence-corrected chi connectivity index (χ3v) is 4.59. The quantitative estimate of drug-likeness (QED) is 0.550. The van der Waals surface area contributed by atoms with Crippen molar-refractivity contribution in [2.45, 2.75) is 13.0 Å². The van der Waals surface area contributed by atoms with Gasteiger partial charge in [-0.25, -0.2) is 14.5 Å². The predicted octanol–water partition coefficient (Wildman–Crippen LogP) is 1.93. The maximum atomic E-state index is 13.1. The second kappa shape index (κ2) is 7.82. The lowest BCUT2D eigenvalue weighted by Crippen LogP contribution is -2.54. The molecule has 2 aromatic carbocycles. The minimum Gasteiger partial charge on any atom is -0.479 e. The number of carbonyl (C=O) groups is 4. The number of nitrogens with zero attached hydrogens (tertiary/aromatic N) is 1. The first-order valence-corrected chi connectivity index (χ1v) is 9.15. The molecule has 158 valence electrons. The van der Waals surface area contributed by atoms with Gasteiger partial charge in [-0.1, -0.05) is 18.2 Å². The Morgan fingerprint density at radius 2 is 1.90 bits per heavy atom. The molecule has 0 radical (unpaired) electrons. The molecule has 4 amide bonds.